The van der Waals surface area contributed by atoms with Crippen LogP contribution >= 0.6 is 0 Å². The van der Waals surface area contributed by atoms with Crippen LogP contribution in [-0.2, 0) is 4.79 Å². The van der Waals surface area contributed by atoms with E-state index in [4.69, 9.17) is 0 Å². The Hall–Kier alpha value is -3.46. The van der Waals surface area contributed by atoms with E-state index in [9.17, 15) is 4.79 Å². The van der Waals surface area contributed by atoms with E-state index >= 15 is 0 Å². The van der Waals surface area contributed by atoms with Gasteiger partial charge in [0.15, 0.2) is 5.78 Å². The number of carbonyl (C=O) groups excluding carboxylic acids is 1. The molecule has 3 nitrogen and oxygen atoms in total. The van der Waals surface area contributed by atoms with E-state index in [0.29, 0.717) is 6.42 Å². The number of fused-ring (bicyclic) bond motifs is 5. The molecule has 0 saturated carbocycles. The second-order valence-electron chi connectivity index (χ2n) is 9.54. The molecule has 0 unspecified atom stereocenters. The van der Waals surface area contributed by atoms with Gasteiger partial charge in [-0.05, 0) is 51.9 Å². The normalized spacial score (nSPS) is 19.8. The van der Waals surface area contributed by atoms with Gasteiger partial charge in [-0.15, -0.1) is 0 Å². The molecule has 2 heterocycles. The summed E-state index contributed by atoms with van der Waals surface area (Å²) in [6.45, 7) is 4.40. The van der Waals surface area contributed by atoms with Gasteiger partial charge < -0.3 is 5.32 Å². The molecule has 1 atom stereocenters. The van der Waals surface area contributed by atoms with Crippen molar-refractivity contribution in [3.05, 3.63) is 89.6 Å². The number of ketones is 1. The lowest BCUT2D eigenvalue weighted by Gasteiger charge is -2.40. The number of aromatic nitrogens is 1. The molecule has 152 valence electrons. The van der Waals surface area contributed by atoms with Crippen molar-refractivity contribution < 1.29 is 4.79 Å². The molecule has 1 aromatic heterocycles. The second kappa shape index (κ2) is 6.52. The van der Waals surface area contributed by atoms with Crippen molar-refractivity contribution in [1.82, 2.24) is 4.98 Å². The maximum Gasteiger partial charge on any atom is 0.162 e. The summed E-state index contributed by atoms with van der Waals surface area (Å²) < 4.78 is 0. The monoisotopic (exact) mass is 404 g/mol. The van der Waals surface area contributed by atoms with Crippen molar-refractivity contribution >= 4 is 38.7 Å². The Labute approximate surface area is 181 Å². The predicted octanol–water partition coefficient (Wildman–Crippen LogP) is 6.70. The fraction of sp³-hybridized carbons (Fsp3) is 0.214. The van der Waals surface area contributed by atoms with Crippen LogP contribution < -0.4 is 5.32 Å². The third-order valence-electron chi connectivity index (χ3n) is 6.73. The predicted molar refractivity (Wildman–Crippen MR) is 127 cm³/mol. The number of hydrogen-bond donors (Lipinski definition) is 1. The Morgan fingerprint density at radius 3 is 2.61 bits per heavy atom. The molecule has 3 aromatic carbocycles. The van der Waals surface area contributed by atoms with E-state index in [-0.39, 0.29) is 17.2 Å². The molecule has 0 bridgehead atoms. The molecule has 6 rings (SSSR count). The lowest BCUT2D eigenvalue weighted by atomic mass is 9.67. The van der Waals surface area contributed by atoms with Crippen molar-refractivity contribution in [2.75, 3.05) is 5.32 Å². The average molecular weight is 405 g/mol. The molecule has 0 fully saturated rings. The molecule has 1 aliphatic carbocycles. The molecular weight excluding hydrogens is 380 g/mol. The SMILES string of the molecule is CC1(C)CC(=O)C2=C(C1)c1c(ccc3ncccc13)N[C@H]2c1cccc2ccccc12. The second-order valence-corrected chi connectivity index (χ2v) is 9.54. The van der Waals surface area contributed by atoms with Gasteiger partial charge in [-0.2, -0.15) is 0 Å². The van der Waals surface area contributed by atoms with E-state index in [1.54, 1.807) is 0 Å². The van der Waals surface area contributed by atoms with Crippen LogP contribution in [0.4, 0.5) is 5.69 Å². The summed E-state index contributed by atoms with van der Waals surface area (Å²) in [6.07, 6.45) is 3.29. The molecule has 0 spiro atoms. The number of benzene rings is 3. The van der Waals surface area contributed by atoms with Gasteiger partial charge >= 0.3 is 0 Å². The van der Waals surface area contributed by atoms with Gasteiger partial charge in [-0.3, -0.25) is 9.78 Å². The zero-order valence-corrected chi connectivity index (χ0v) is 17.8. The van der Waals surface area contributed by atoms with Gasteiger partial charge in [0.05, 0.1) is 11.6 Å². The van der Waals surface area contributed by atoms with Crippen molar-refractivity contribution in [2.45, 2.75) is 32.7 Å². The lowest BCUT2D eigenvalue weighted by molar-refractivity contribution is -0.118. The minimum absolute atomic E-state index is 0.0573. The van der Waals surface area contributed by atoms with Gasteiger partial charge in [0.1, 0.15) is 0 Å². The van der Waals surface area contributed by atoms with Crippen LogP contribution in [0.5, 0.6) is 0 Å². The highest BCUT2D eigenvalue weighted by Gasteiger charge is 2.41. The quantitative estimate of drug-likeness (QED) is 0.384. The molecule has 1 aliphatic heterocycles. The maximum absolute atomic E-state index is 13.6. The lowest BCUT2D eigenvalue weighted by Crippen LogP contribution is -2.33. The summed E-state index contributed by atoms with van der Waals surface area (Å²) in [7, 11) is 0. The highest BCUT2D eigenvalue weighted by molar-refractivity contribution is 6.13. The minimum Gasteiger partial charge on any atom is -0.373 e. The average Bonchev–Trinajstić information content (AvgIpc) is 2.77. The zero-order valence-electron chi connectivity index (χ0n) is 17.8. The number of allylic oxidation sites excluding steroid dienone is 1. The van der Waals surface area contributed by atoms with Crippen molar-refractivity contribution in [1.29, 1.82) is 0 Å². The van der Waals surface area contributed by atoms with Crippen LogP contribution in [0, 0.1) is 5.41 Å². The van der Waals surface area contributed by atoms with Gasteiger partial charge in [-0.1, -0.05) is 62.4 Å². The van der Waals surface area contributed by atoms with Crippen LogP contribution in [0.1, 0.15) is 43.9 Å². The Morgan fingerprint density at radius 2 is 1.71 bits per heavy atom. The van der Waals surface area contributed by atoms with Gasteiger partial charge in [0.2, 0.25) is 0 Å². The van der Waals surface area contributed by atoms with E-state index < -0.39 is 0 Å². The van der Waals surface area contributed by atoms with E-state index in [1.807, 2.05) is 12.3 Å². The highest BCUT2D eigenvalue weighted by Crippen LogP contribution is 2.52. The third kappa shape index (κ3) is 2.80. The summed E-state index contributed by atoms with van der Waals surface area (Å²) in [4.78, 5) is 18.2. The first kappa shape index (κ1) is 18.3. The smallest absolute Gasteiger partial charge is 0.162 e. The Balaban J connectivity index is 1.67. The van der Waals surface area contributed by atoms with Crippen LogP contribution in [0.3, 0.4) is 0 Å². The molecule has 2 aliphatic rings. The third-order valence-corrected chi connectivity index (χ3v) is 6.73. The van der Waals surface area contributed by atoms with Gasteiger partial charge in [0.25, 0.3) is 0 Å². The molecule has 0 saturated heterocycles. The molecule has 31 heavy (non-hydrogen) atoms. The van der Waals surface area contributed by atoms with E-state index in [0.717, 1.165) is 39.7 Å². The molecule has 4 aromatic rings. The summed E-state index contributed by atoms with van der Waals surface area (Å²) >= 11 is 0. The maximum atomic E-state index is 13.6. The summed E-state index contributed by atoms with van der Waals surface area (Å²) in [5, 5.41) is 7.25. The number of pyridine rings is 1. The number of nitrogens with one attached hydrogen (secondary N) is 1. The summed E-state index contributed by atoms with van der Waals surface area (Å²) in [6, 6.07) is 23.0. The highest BCUT2D eigenvalue weighted by atomic mass is 16.1. The molecular formula is C28H24N2O. The number of hydrogen-bond acceptors (Lipinski definition) is 3. The first-order chi connectivity index (χ1) is 15.0. The van der Waals surface area contributed by atoms with Crippen LogP contribution in [0.2, 0.25) is 0 Å². The Kier molecular flexibility index (Phi) is 3.85. The van der Waals surface area contributed by atoms with E-state index in [2.05, 4.69) is 84.8 Å². The molecule has 0 amide bonds. The van der Waals surface area contributed by atoms with Crippen molar-refractivity contribution in [3.8, 4) is 0 Å². The van der Waals surface area contributed by atoms with Crippen molar-refractivity contribution in [3.63, 3.8) is 0 Å². The molecule has 0 radical (unpaired) electrons. The zero-order chi connectivity index (χ0) is 21.2. The Bertz CT molecular complexity index is 1410. The van der Waals surface area contributed by atoms with Crippen molar-refractivity contribution in [2.24, 2.45) is 5.41 Å². The largest absolute Gasteiger partial charge is 0.373 e. The number of carbonyl (C=O) groups is 1. The van der Waals surface area contributed by atoms with Crippen LogP contribution in [0.25, 0.3) is 27.2 Å². The van der Waals surface area contributed by atoms with Gasteiger partial charge in [-0.25, -0.2) is 0 Å². The van der Waals surface area contributed by atoms with Crippen LogP contribution in [-0.4, -0.2) is 10.8 Å². The first-order valence-electron chi connectivity index (χ1n) is 10.9. The molecule has 3 heteroatoms. The summed E-state index contributed by atoms with van der Waals surface area (Å²) in [5.41, 5.74) is 6.43. The number of Topliss-reactive ketones (excluding diaryl/α,β-unsaturated/α-hetero) is 1. The number of nitrogens with zero attached hydrogens (tertiary/aromatic N) is 1. The fourth-order valence-corrected chi connectivity index (χ4v) is 5.45. The number of anilines is 1. The number of rotatable bonds is 1. The standard InChI is InChI=1S/C28H24N2O/c1-28(2)15-21-25-20-11-6-14-29-22(20)12-13-23(25)30-27(26(21)24(31)16-28)19-10-5-8-17-7-3-4-9-18(17)19/h3-14,27,30H,15-16H2,1-2H3/t27-/m0/s1. The first-order valence-corrected chi connectivity index (χ1v) is 10.9. The van der Waals surface area contributed by atoms with Crippen LogP contribution in [0.15, 0.2) is 78.5 Å². The minimum atomic E-state index is -0.147. The molecule has 1 N–H and O–H groups in total. The van der Waals surface area contributed by atoms with Gasteiger partial charge in [0, 0.05) is 34.8 Å². The topological polar surface area (TPSA) is 42.0 Å². The summed E-state index contributed by atoms with van der Waals surface area (Å²) in [5.74, 6) is 0.253. The van der Waals surface area contributed by atoms with E-state index in [1.165, 1.54) is 16.3 Å². The Morgan fingerprint density at radius 1 is 0.903 bits per heavy atom. The fourth-order valence-electron chi connectivity index (χ4n) is 5.45.